The molecule has 0 saturated heterocycles. The smallest absolute Gasteiger partial charge is 0.251 e. The molecule has 0 aliphatic heterocycles. The van der Waals surface area contributed by atoms with Gasteiger partial charge in [0.25, 0.3) is 5.56 Å². The van der Waals surface area contributed by atoms with Gasteiger partial charge in [0, 0.05) is 29.6 Å². The molecule has 2 aromatic heterocycles. The van der Waals surface area contributed by atoms with E-state index in [1.165, 1.54) is 6.07 Å². The molecule has 5 heteroatoms. The Balaban J connectivity index is 2.34. The summed E-state index contributed by atoms with van der Waals surface area (Å²) in [4.78, 5) is 18.4. The summed E-state index contributed by atoms with van der Waals surface area (Å²) in [5.74, 6) is 0.567. The first kappa shape index (κ1) is 14.2. The minimum Gasteiger partial charge on any atom is -0.307 e. The fraction of sp³-hybridized carbons (Fsp3) is 0.400. The third kappa shape index (κ3) is 3.04. The van der Waals surface area contributed by atoms with Gasteiger partial charge in [-0.25, -0.2) is 4.98 Å². The van der Waals surface area contributed by atoms with E-state index in [1.807, 2.05) is 30.7 Å². The van der Waals surface area contributed by atoms with E-state index in [-0.39, 0.29) is 5.56 Å². The number of H-pyrrole nitrogens is 1. The first-order valence-electron chi connectivity index (χ1n) is 6.81. The van der Waals surface area contributed by atoms with Crippen LogP contribution < -0.4 is 5.56 Å². The van der Waals surface area contributed by atoms with Crippen molar-refractivity contribution in [3.8, 4) is 0 Å². The number of rotatable bonds is 4. The molecule has 2 aromatic rings. The lowest BCUT2D eigenvalue weighted by molar-refractivity contribution is 0.583. The van der Waals surface area contributed by atoms with Crippen molar-refractivity contribution in [2.75, 3.05) is 0 Å². The maximum atomic E-state index is 11.4. The van der Waals surface area contributed by atoms with E-state index in [0.29, 0.717) is 11.5 Å². The van der Waals surface area contributed by atoms with Gasteiger partial charge in [-0.2, -0.15) is 5.10 Å². The summed E-state index contributed by atoms with van der Waals surface area (Å²) in [6.45, 7) is 8.91. The van der Waals surface area contributed by atoms with Crippen molar-refractivity contribution in [2.45, 2.75) is 40.7 Å². The van der Waals surface area contributed by atoms with Gasteiger partial charge in [0.05, 0.1) is 5.69 Å². The molecule has 0 amide bonds. The number of nitrogens with one attached hydrogen (secondary N) is 1. The van der Waals surface area contributed by atoms with Crippen LogP contribution in [-0.2, 0) is 6.54 Å². The van der Waals surface area contributed by atoms with Crippen LogP contribution in [0.1, 0.15) is 41.8 Å². The third-order valence-corrected chi connectivity index (χ3v) is 3.17. The summed E-state index contributed by atoms with van der Waals surface area (Å²) in [5.41, 5.74) is 3.79. The molecule has 0 spiro atoms. The highest BCUT2D eigenvalue weighted by atomic mass is 16.1. The second kappa shape index (κ2) is 5.86. The van der Waals surface area contributed by atoms with E-state index in [2.05, 4.69) is 28.9 Å². The first-order valence-corrected chi connectivity index (χ1v) is 6.81. The topological polar surface area (TPSA) is 63.6 Å². The van der Waals surface area contributed by atoms with Gasteiger partial charge in [-0.15, -0.1) is 0 Å². The van der Waals surface area contributed by atoms with E-state index >= 15 is 0 Å². The minimum absolute atomic E-state index is 0.132. The fourth-order valence-corrected chi connectivity index (χ4v) is 2.22. The van der Waals surface area contributed by atoms with Crippen LogP contribution in [-0.4, -0.2) is 19.7 Å². The zero-order valence-corrected chi connectivity index (χ0v) is 12.4. The minimum atomic E-state index is -0.132. The Morgan fingerprint density at radius 3 is 2.70 bits per heavy atom. The summed E-state index contributed by atoms with van der Waals surface area (Å²) in [6.07, 6.45) is 4.83. The Morgan fingerprint density at radius 2 is 2.05 bits per heavy atom. The Bertz CT molecular complexity index is 694. The van der Waals surface area contributed by atoms with E-state index in [1.54, 1.807) is 0 Å². The summed E-state index contributed by atoms with van der Waals surface area (Å²) < 4.78 is 2.02. The monoisotopic (exact) mass is 272 g/mol. The second-order valence-corrected chi connectivity index (χ2v) is 4.91. The van der Waals surface area contributed by atoms with Crippen LogP contribution in [0.4, 0.5) is 0 Å². The van der Waals surface area contributed by atoms with Crippen LogP contribution in [0.3, 0.4) is 0 Å². The molecule has 0 aliphatic rings. The molecule has 106 valence electrons. The van der Waals surface area contributed by atoms with E-state index in [0.717, 1.165) is 29.9 Å². The van der Waals surface area contributed by atoms with Crippen molar-refractivity contribution >= 4 is 12.2 Å². The van der Waals surface area contributed by atoms with Crippen molar-refractivity contribution in [3.05, 3.63) is 44.9 Å². The number of nitrogens with zero attached hydrogens (tertiary/aromatic N) is 3. The Hall–Kier alpha value is -2.17. The molecule has 5 nitrogen and oxygen atoms in total. The van der Waals surface area contributed by atoms with Gasteiger partial charge in [0.1, 0.15) is 5.82 Å². The average Bonchev–Trinajstić information content (AvgIpc) is 2.62. The van der Waals surface area contributed by atoms with E-state index in [4.69, 9.17) is 0 Å². The van der Waals surface area contributed by atoms with Crippen LogP contribution in [0.2, 0.25) is 0 Å². The van der Waals surface area contributed by atoms with Crippen LogP contribution in [0.25, 0.3) is 12.2 Å². The predicted molar refractivity (Wildman–Crippen MR) is 80.5 cm³/mol. The highest BCUT2D eigenvalue weighted by Gasteiger charge is 2.08. The maximum Gasteiger partial charge on any atom is 0.251 e. The number of hydrogen-bond acceptors (Lipinski definition) is 3. The zero-order valence-electron chi connectivity index (χ0n) is 12.4. The number of aromatic amines is 1. The molecule has 0 bridgehead atoms. The van der Waals surface area contributed by atoms with Crippen LogP contribution in [0.15, 0.2) is 10.9 Å². The van der Waals surface area contributed by atoms with Gasteiger partial charge in [-0.3, -0.25) is 9.48 Å². The highest BCUT2D eigenvalue weighted by molar-refractivity contribution is 5.69. The van der Waals surface area contributed by atoms with Gasteiger partial charge in [0.15, 0.2) is 0 Å². The molecule has 20 heavy (non-hydrogen) atoms. The second-order valence-electron chi connectivity index (χ2n) is 4.91. The SMILES string of the molecule is CCCn1nc(C)c(C=Cc2nc(C)cc(=O)[nH]2)c1C. The summed E-state index contributed by atoms with van der Waals surface area (Å²) in [5, 5.41) is 4.52. The maximum absolute atomic E-state index is 11.4. The molecule has 0 unspecified atom stereocenters. The van der Waals surface area contributed by atoms with Crippen molar-refractivity contribution in [3.63, 3.8) is 0 Å². The summed E-state index contributed by atoms with van der Waals surface area (Å²) >= 11 is 0. The van der Waals surface area contributed by atoms with Crippen molar-refractivity contribution < 1.29 is 0 Å². The molecule has 0 aliphatic carbocycles. The van der Waals surface area contributed by atoms with Crippen molar-refractivity contribution in [1.82, 2.24) is 19.7 Å². The van der Waals surface area contributed by atoms with Gasteiger partial charge in [-0.1, -0.05) is 6.92 Å². The lowest BCUT2D eigenvalue weighted by Crippen LogP contribution is -2.08. The van der Waals surface area contributed by atoms with Crippen molar-refractivity contribution in [2.24, 2.45) is 0 Å². The molecule has 2 rings (SSSR count). The third-order valence-electron chi connectivity index (χ3n) is 3.17. The molecule has 0 aromatic carbocycles. The van der Waals surface area contributed by atoms with Crippen LogP contribution in [0, 0.1) is 20.8 Å². The summed E-state index contributed by atoms with van der Waals surface area (Å²) in [7, 11) is 0. The summed E-state index contributed by atoms with van der Waals surface area (Å²) in [6, 6.07) is 1.48. The molecule has 0 saturated carbocycles. The van der Waals surface area contributed by atoms with E-state index < -0.39 is 0 Å². The van der Waals surface area contributed by atoms with Crippen molar-refractivity contribution in [1.29, 1.82) is 0 Å². The highest BCUT2D eigenvalue weighted by Crippen LogP contribution is 2.16. The zero-order chi connectivity index (χ0) is 14.7. The standard InChI is InChI=1S/C15H20N4O/c1-5-8-19-12(4)13(11(3)18-19)6-7-14-16-10(2)9-15(20)17-14/h6-7,9H,5,8H2,1-4H3,(H,16,17,20). The number of hydrogen-bond donors (Lipinski definition) is 1. The lowest BCUT2D eigenvalue weighted by Gasteiger charge is -2.01. The Labute approximate surface area is 118 Å². The number of aromatic nitrogens is 4. The van der Waals surface area contributed by atoms with E-state index in [9.17, 15) is 4.79 Å². The normalized spacial score (nSPS) is 11.4. The fourth-order valence-electron chi connectivity index (χ4n) is 2.22. The lowest BCUT2D eigenvalue weighted by atomic mass is 10.2. The van der Waals surface area contributed by atoms with Crippen LogP contribution in [0.5, 0.6) is 0 Å². The average molecular weight is 272 g/mol. The van der Waals surface area contributed by atoms with Crippen LogP contribution >= 0.6 is 0 Å². The Kier molecular flexibility index (Phi) is 4.17. The molecule has 0 fully saturated rings. The predicted octanol–water partition coefficient (Wildman–Crippen LogP) is 2.47. The van der Waals surface area contributed by atoms with Gasteiger partial charge in [-0.05, 0) is 39.3 Å². The molecule has 2 heterocycles. The number of aryl methyl sites for hydroxylation is 3. The quantitative estimate of drug-likeness (QED) is 0.930. The van der Waals surface area contributed by atoms with Gasteiger partial charge >= 0.3 is 0 Å². The molecular formula is C15H20N4O. The van der Waals surface area contributed by atoms with Gasteiger partial charge in [0.2, 0.25) is 0 Å². The first-order chi connectivity index (χ1) is 9.51. The Morgan fingerprint density at radius 1 is 1.30 bits per heavy atom. The van der Waals surface area contributed by atoms with Gasteiger partial charge < -0.3 is 4.98 Å². The largest absolute Gasteiger partial charge is 0.307 e. The molecule has 0 radical (unpaired) electrons. The molecular weight excluding hydrogens is 252 g/mol. The molecule has 1 N–H and O–H groups in total. The molecule has 0 atom stereocenters.